The zero-order valence-corrected chi connectivity index (χ0v) is 18.4. The van der Waals surface area contributed by atoms with E-state index in [0.717, 1.165) is 34.9 Å². The molecule has 4 aromatic rings. The minimum absolute atomic E-state index is 0.211. The molecule has 32 heavy (non-hydrogen) atoms. The summed E-state index contributed by atoms with van der Waals surface area (Å²) in [5, 5.41) is 1.20. The summed E-state index contributed by atoms with van der Waals surface area (Å²) in [7, 11) is 0. The van der Waals surface area contributed by atoms with Gasteiger partial charge in [0.15, 0.2) is 0 Å². The zero-order chi connectivity index (χ0) is 21.9. The maximum Gasteiger partial charge on any atom is 0.123 e. The van der Waals surface area contributed by atoms with Gasteiger partial charge in [0.1, 0.15) is 11.6 Å². The highest BCUT2D eigenvalue weighted by Gasteiger charge is 2.21. The van der Waals surface area contributed by atoms with Gasteiger partial charge < -0.3 is 14.0 Å². The monoisotopic (exact) mass is 429 g/mol. The van der Waals surface area contributed by atoms with E-state index in [9.17, 15) is 4.39 Å². The van der Waals surface area contributed by atoms with Crippen molar-refractivity contribution in [3.8, 4) is 16.9 Å². The maximum atomic E-state index is 13.4. The van der Waals surface area contributed by atoms with Gasteiger partial charge in [0.25, 0.3) is 0 Å². The lowest BCUT2D eigenvalue weighted by Crippen LogP contribution is -1.99. The highest BCUT2D eigenvalue weighted by molar-refractivity contribution is 5.96. The molecule has 0 unspecified atom stereocenters. The molecule has 1 aromatic heterocycles. The van der Waals surface area contributed by atoms with E-state index in [1.165, 1.54) is 41.5 Å². The van der Waals surface area contributed by atoms with Crippen LogP contribution in [0.15, 0.2) is 72.9 Å². The predicted octanol–water partition coefficient (Wildman–Crippen LogP) is 6.82. The Bertz CT molecular complexity index is 1190. The molecule has 1 fully saturated rings. The Morgan fingerprint density at radius 2 is 1.69 bits per heavy atom. The number of benzene rings is 3. The SMILES string of the molecule is CCOc1ccc(-c2cn(Cc3ccc(F)cc3)c3ccc(COCC4CC4)cc23)cc1. The van der Waals surface area contributed by atoms with Gasteiger partial charge in [0, 0.05) is 35.8 Å². The number of ether oxygens (including phenoxy) is 2. The summed E-state index contributed by atoms with van der Waals surface area (Å²) in [6, 6.07) is 21.6. The number of halogens is 1. The Morgan fingerprint density at radius 1 is 0.938 bits per heavy atom. The predicted molar refractivity (Wildman–Crippen MR) is 126 cm³/mol. The first-order chi connectivity index (χ1) is 15.7. The van der Waals surface area contributed by atoms with Crippen molar-refractivity contribution in [2.75, 3.05) is 13.2 Å². The summed E-state index contributed by atoms with van der Waals surface area (Å²) < 4.78 is 27.2. The fraction of sp³-hybridized carbons (Fsp3) is 0.286. The third-order valence-corrected chi connectivity index (χ3v) is 6.01. The van der Waals surface area contributed by atoms with Crippen LogP contribution in [0.3, 0.4) is 0 Å². The number of fused-ring (bicyclic) bond motifs is 1. The van der Waals surface area contributed by atoms with Crippen molar-refractivity contribution in [2.24, 2.45) is 5.92 Å². The molecule has 0 spiro atoms. The van der Waals surface area contributed by atoms with Crippen LogP contribution in [0.4, 0.5) is 4.39 Å². The molecule has 5 rings (SSSR count). The smallest absolute Gasteiger partial charge is 0.123 e. The molecule has 0 saturated heterocycles. The molecular weight excluding hydrogens is 401 g/mol. The van der Waals surface area contributed by atoms with Gasteiger partial charge >= 0.3 is 0 Å². The largest absolute Gasteiger partial charge is 0.494 e. The summed E-state index contributed by atoms with van der Waals surface area (Å²) in [6.07, 6.45) is 4.79. The Labute approximate surface area is 188 Å². The zero-order valence-electron chi connectivity index (χ0n) is 18.4. The van der Waals surface area contributed by atoms with Gasteiger partial charge in [-0.2, -0.15) is 0 Å². The highest BCUT2D eigenvalue weighted by Crippen LogP contribution is 2.34. The molecule has 3 nitrogen and oxygen atoms in total. The van der Waals surface area contributed by atoms with Gasteiger partial charge in [-0.15, -0.1) is 0 Å². The lowest BCUT2D eigenvalue weighted by atomic mass is 10.0. The fourth-order valence-corrected chi connectivity index (χ4v) is 4.11. The summed E-state index contributed by atoms with van der Waals surface area (Å²) >= 11 is 0. The minimum Gasteiger partial charge on any atom is -0.494 e. The lowest BCUT2D eigenvalue weighted by molar-refractivity contribution is 0.111. The highest BCUT2D eigenvalue weighted by atomic mass is 19.1. The first-order valence-electron chi connectivity index (χ1n) is 11.4. The van der Waals surface area contributed by atoms with E-state index < -0.39 is 0 Å². The average Bonchev–Trinajstić information content (AvgIpc) is 3.57. The van der Waals surface area contributed by atoms with E-state index in [0.29, 0.717) is 19.8 Å². The molecule has 3 aromatic carbocycles. The minimum atomic E-state index is -0.211. The van der Waals surface area contributed by atoms with Crippen molar-refractivity contribution in [3.05, 3.63) is 89.9 Å². The van der Waals surface area contributed by atoms with E-state index in [1.54, 1.807) is 0 Å². The van der Waals surface area contributed by atoms with Crippen LogP contribution in [-0.4, -0.2) is 17.8 Å². The van der Waals surface area contributed by atoms with Crippen LogP contribution in [0.25, 0.3) is 22.0 Å². The molecule has 0 bridgehead atoms. The first kappa shape index (κ1) is 20.8. The molecular formula is C28H28FNO2. The Hall–Kier alpha value is -3.11. The number of aromatic nitrogens is 1. The number of nitrogens with zero attached hydrogens (tertiary/aromatic N) is 1. The van der Waals surface area contributed by atoms with Gasteiger partial charge in [-0.1, -0.05) is 30.3 Å². The van der Waals surface area contributed by atoms with Crippen LogP contribution in [0, 0.1) is 11.7 Å². The molecule has 1 aliphatic rings. The van der Waals surface area contributed by atoms with Gasteiger partial charge in [0.05, 0.1) is 13.2 Å². The lowest BCUT2D eigenvalue weighted by Gasteiger charge is -2.07. The number of hydrogen-bond acceptors (Lipinski definition) is 2. The number of hydrogen-bond donors (Lipinski definition) is 0. The average molecular weight is 430 g/mol. The van der Waals surface area contributed by atoms with E-state index in [4.69, 9.17) is 9.47 Å². The topological polar surface area (TPSA) is 23.4 Å². The van der Waals surface area contributed by atoms with Crippen molar-refractivity contribution >= 4 is 10.9 Å². The van der Waals surface area contributed by atoms with E-state index in [2.05, 4.69) is 41.1 Å². The second kappa shape index (κ2) is 9.17. The molecule has 4 heteroatoms. The standard InChI is InChI=1S/C28H28FNO2/c1-2-32-25-12-8-23(9-13-25)27-17-30(16-20-5-10-24(29)11-6-20)28-14-7-22(15-26(27)28)19-31-18-21-3-4-21/h5-15,17,21H,2-4,16,18-19H2,1H3. The normalized spacial score (nSPS) is 13.6. The van der Waals surface area contributed by atoms with Crippen LogP contribution < -0.4 is 4.74 Å². The Balaban J connectivity index is 1.50. The molecule has 1 aliphatic carbocycles. The summed E-state index contributed by atoms with van der Waals surface area (Å²) in [5.41, 5.74) is 5.73. The third-order valence-electron chi connectivity index (χ3n) is 6.01. The number of rotatable bonds is 9. The Kier molecular flexibility index (Phi) is 5.95. The Morgan fingerprint density at radius 3 is 2.41 bits per heavy atom. The molecule has 0 radical (unpaired) electrons. The van der Waals surface area contributed by atoms with Crippen LogP contribution in [-0.2, 0) is 17.9 Å². The van der Waals surface area contributed by atoms with Crippen LogP contribution in [0.1, 0.15) is 30.9 Å². The van der Waals surface area contributed by atoms with Crippen LogP contribution >= 0.6 is 0 Å². The third kappa shape index (κ3) is 4.71. The van der Waals surface area contributed by atoms with Crippen molar-refractivity contribution in [1.29, 1.82) is 0 Å². The first-order valence-corrected chi connectivity index (χ1v) is 11.4. The summed E-state index contributed by atoms with van der Waals surface area (Å²) in [5.74, 6) is 1.42. The van der Waals surface area contributed by atoms with Crippen LogP contribution in [0.2, 0.25) is 0 Å². The van der Waals surface area contributed by atoms with Crippen molar-refractivity contribution < 1.29 is 13.9 Å². The molecule has 1 saturated carbocycles. The molecule has 0 aliphatic heterocycles. The maximum absolute atomic E-state index is 13.4. The molecule has 0 amide bonds. The van der Waals surface area contributed by atoms with Gasteiger partial charge in [0.2, 0.25) is 0 Å². The van der Waals surface area contributed by atoms with Crippen molar-refractivity contribution in [2.45, 2.75) is 32.9 Å². The van der Waals surface area contributed by atoms with E-state index >= 15 is 0 Å². The van der Waals surface area contributed by atoms with Crippen LogP contribution in [0.5, 0.6) is 5.75 Å². The van der Waals surface area contributed by atoms with Gasteiger partial charge in [-0.25, -0.2) is 4.39 Å². The molecule has 0 N–H and O–H groups in total. The van der Waals surface area contributed by atoms with Crippen molar-refractivity contribution in [3.63, 3.8) is 0 Å². The van der Waals surface area contributed by atoms with E-state index in [-0.39, 0.29) is 5.82 Å². The van der Waals surface area contributed by atoms with Gasteiger partial charge in [-0.05, 0) is 78.8 Å². The molecule has 0 atom stereocenters. The molecule has 1 heterocycles. The van der Waals surface area contributed by atoms with Gasteiger partial charge in [-0.3, -0.25) is 0 Å². The summed E-state index contributed by atoms with van der Waals surface area (Å²) in [6.45, 7) is 4.82. The fourth-order valence-electron chi connectivity index (χ4n) is 4.11. The second-order valence-corrected chi connectivity index (χ2v) is 8.56. The summed E-state index contributed by atoms with van der Waals surface area (Å²) in [4.78, 5) is 0. The molecule has 164 valence electrons. The van der Waals surface area contributed by atoms with E-state index in [1.807, 2.05) is 31.2 Å². The second-order valence-electron chi connectivity index (χ2n) is 8.56. The van der Waals surface area contributed by atoms with Crippen molar-refractivity contribution in [1.82, 2.24) is 4.57 Å². The quantitative estimate of drug-likeness (QED) is 0.291.